The predicted octanol–water partition coefficient (Wildman–Crippen LogP) is 2.02. The molecule has 0 aliphatic heterocycles. The largest absolute Gasteiger partial charge is 0.506 e. The highest BCUT2D eigenvalue weighted by Gasteiger charge is 2.15. The summed E-state index contributed by atoms with van der Waals surface area (Å²) in [4.78, 5) is 23.8. The molecule has 2 aromatic carbocycles. The normalized spacial score (nSPS) is 10.1. The number of hydrogen-bond donors (Lipinski definition) is 3. The van der Waals surface area contributed by atoms with Crippen molar-refractivity contribution in [2.45, 2.75) is 13.3 Å². The number of carbonyl (C=O) groups excluding carboxylic acids is 2. The Bertz CT molecular complexity index is 805. The molecule has 138 valence electrons. The minimum atomic E-state index is -0.835. The molecule has 0 bridgehead atoms. The van der Waals surface area contributed by atoms with E-state index in [2.05, 4.69) is 10.6 Å². The van der Waals surface area contributed by atoms with Crippen molar-refractivity contribution in [3.05, 3.63) is 47.5 Å². The number of aryl methyl sites for hydroxylation is 1. The Labute approximate surface area is 151 Å². The molecule has 26 heavy (non-hydrogen) atoms. The number of phenolic OH excluding ortho intramolecular Hbond substituents is 1. The van der Waals surface area contributed by atoms with Crippen molar-refractivity contribution in [3.63, 3.8) is 0 Å². The van der Waals surface area contributed by atoms with E-state index < -0.39 is 11.8 Å². The van der Waals surface area contributed by atoms with Crippen LogP contribution >= 0.6 is 0 Å². The molecule has 0 spiro atoms. The number of carbonyl (C=O) groups is 2. The van der Waals surface area contributed by atoms with Crippen LogP contribution in [0.15, 0.2) is 36.4 Å². The summed E-state index contributed by atoms with van der Waals surface area (Å²) in [6.45, 7) is 2.10. The molecule has 3 N–H and O–H groups in total. The van der Waals surface area contributed by atoms with Crippen LogP contribution in [0.5, 0.6) is 17.2 Å². The van der Waals surface area contributed by atoms with Gasteiger partial charge in [-0.1, -0.05) is 12.1 Å². The van der Waals surface area contributed by atoms with E-state index in [1.165, 1.54) is 6.07 Å². The second-order valence-corrected chi connectivity index (χ2v) is 5.67. The van der Waals surface area contributed by atoms with Crippen molar-refractivity contribution in [2.75, 3.05) is 26.1 Å². The monoisotopic (exact) mass is 358 g/mol. The summed E-state index contributed by atoms with van der Waals surface area (Å²) in [7, 11) is 3.11. The van der Waals surface area contributed by atoms with Crippen LogP contribution in [0.3, 0.4) is 0 Å². The number of ether oxygens (including phenoxy) is 2. The van der Waals surface area contributed by atoms with E-state index in [0.29, 0.717) is 17.9 Å². The molecule has 7 heteroatoms. The Hall–Kier alpha value is -3.22. The molecule has 2 aromatic rings. The van der Waals surface area contributed by atoms with Crippen molar-refractivity contribution in [3.8, 4) is 17.2 Å². The van der Waals surface area contributed by atoms with E-state index in [9.17, 15) is 14.7 Å². The van der Waals surface area contributed by atoms with Crippen LogP contribution in [-0.4, -0.2) is 37.7 Å². The molecule has 0 fully saturated rings. The molecule has 0 aromatic heterocycles. The Morgan fingerprint density at radius 2 is 1.73 bits per heavy atom. The van der Waals surface area contributed by atoms with Gasteiger partial charge in [-0.15, -0.1) is 0 Å². The Balaban J connectivity index is 1.88. The molecule has 0 aliphatic rings. The van der Waals surface area contributed by atoms with Gasteiger partial charge in [0.05, 0.1) is 19.9 Å². The van der Waals surface area contributed by atoms with Gasteiger partial charge >= 0.3 is 11.8 Å². The Kier molecular flexibility index (Phi) is 6.43. The molecule has 0 heterocycles. The number of aromatic hydroxyl groups is 1. The van der Waals surface area contributed by atoms with Crippen LogP contribution in [-0.2, 0) is 16.0 Å². The summed E-state index contributed by atoms with van der Waals surface area (Å²) in [6, 6.07) is 10.2. The number of methoxy groups -OCH3 is 2. The second-order valence-electron chi connectivity index (χ2n) is 5.67. The molecule has 0 radical (unpaired) electrons. The van der Waals surface area contributed by atoms with Gasteiger partial charge in [0.2, 0.25) is 0 Å². The quantitative estimate of drug-likeness (QED) is 0.542. The predicted molar refractivity (Wildman–Crippen MR) is 97.7 cm³/mol. The summed E-state index contributed by atoms with van der Waals surface area (Å²) in [5, 5.41) is 14.7. The standard InChI is InChI=1S/C19H22N2O5/c1-12-4-6-15(22)14(10-12)21-19(24)18(23)20-9-8-13-5-7-16(25-2)17(11-13)26-3/h4-7,10-11,22H,8-9H2,1-3H3,(H,20,23)(H,21,24). The number of benzene rings is 2. The topological polar surface area (TPSA) is 96.9 Å². The highest BCUT2D eigenvalue weighted by molar-refractivity contribution is 6.39. The highest BCUT2D eigenvalue weighted by Crippen LogP contribution is 2.27. The Morgan fingerprint density at radius 1 is 1.00 bits per heavy atom. The number of amides is 2. The average Bonchev–Trinajstić information content (AvgIpc) is 2.64. The molecule has 0 unspecified atom stereocenters. The van der Waals surface area contributed by atoms with Gasteiger partial charge in [-0.3, -0.25) is 9.59 Å². The van der Waals surface area contributed by atoms with Crippen LogP contribution in [0, 0.1) is 6.92 Å². The van der Waals surface area contributed by atoms with Gasteiger partial charge in [-0.2, -0.15) is 0 Å². The average molecular weight is 358 g/mol. The van der Waals surface area contributed by atoms with Crippen LogP contribution < -0.4 is 20.1 Å². The molecular weight excluding hydrogens is 336 g/mol. The zero-order chi connectivity index (χ0) is 19.1. The summed E-state index contributed by atoms with van der Waals surface area (Å²) in [6.07, 6.45) is 0.523. The maximum atomic E-state index is 11.9. The lowest BCUT2D eigenvalue weighted by atomic mass is 10.1. The van der Waals surface area contributed by atoms with E-state index >= 15 is 0 Å². The fourth-order valence-corrected chi connectivity index (χ4v) is 2.37. The van der Waals surface area contributed by atoms with Crippen LogP contribution in [0.25, 0.3) is 0 Å². The zero-order valence-electron chi connectivity index (χ0n) is 15.0. The smallest absolute Gasteiger partial charge is 0.313 e. The minimum absolute atomic E-state index is 0.0953. The van der Waals surface area contributed by atoms with Crippen molar-refractivity contribution in [1.82, 2.24) is 5.32 Å². The molecule has 0 saturated heterocycles. The van der Waals surface area contributed by atoms with Gasteiger partial charge in [-0.05, 0) is 48.7 Å². The first-order chi connectivity index (χ1) is 12.4. The fraction of sp³-hybridized carbons (Fsp3) is 0.263. The van der Waals surface area contributed by atoms with Gasteiger partial charge in [0, 0.05) is 6.54 Å². The van der Waals surface area contributed by atoms with Crippen molar-refractivity contribution in [2.24, 2.45) is 0 Å². The number of phenols is 1. The van der Waals surface area contributed by atoms with Gasteiger partial charge in [0.25, 0.3) is 0 Å². The van der Waals surface area contributed by atoms with Crippen LogP contribution in [0.4, 0.5) is 5.69 Å². The SMILES string of the molecule is COc1ccc(CCNC(=O)C(=O)Nc2cc(C)ccc2O)cc1OC. The summed E-state index contributed by atoms with van der Waals surface area (Å²) in [5.74, 6) is -0.478. The van der Waals surface area contributed by atoms with Crippen molar-refractivity contribution >= 4 is 17.5 Å². The van der Waals surface area contributed by atoms with E-state index in [1.54, 1.807) is 32.4 Å². The summed E-state index contributed by atoms with van der Waals surface area (Å²) in [5.41, 5.74) is 1.98. The lowest BCUT2D eigenvalue weighted by Crippen LogP contribution is -2.36. The maximum absolute atomic E-state index is 11.9. The molecule has 7 nitrogen and oxygen atoms in total. The zero-order valence-corrected chi connectivity index (χ0v) is 15.0. The first-order valence-electron chi connectivity index (χ1n) is 8.04. The number of rotatable bonds is 6. The van der Waals surface area contributed by atoms with E-state index in [1.807, 2.05) is 19.1 Å². The fourth-order valence-electron chi connectivity index (χ4n) is 2.37. The van der Waals surface area contributed by atoms with Crippen LogP contribution in [0.2, 0.25) is 0 Å². The summed E-state index contributed by atoms with van der Waals surface area (Å²) >= 11 is 0. The third-order valence-corrected chi connectivity index (χ3v) is 3.75. The first kappa shape index (κ1) is 19.1. The van der Waals surface area contributed by atoms with Crippen molar-refractivity contribution < 1.29 is 24.2 Å². The van der Waals surface area contributed by atoms with Crippen molar-refractivity contribution in [1.29, 1.82) is 0 Å². The van der Waals surface area contributed by atoms with E-state index in [-0.39, 0.29) is 18.0 Å². The van der Waals surface area contributed by atoms with Gasteiger partial charge in [0.1, 0.15) is 5.75 Å². The lowest BCUT2D eigenvalue weighted by Gasteiger charge is -2.10. The Morgan fingerprint density at radius 3 is 2.42 bits per heavy atom. The molecule has 0 atom stereocenters. The molecule has 0 aliphatic carbocycles. The maximum Gasteiger partial charge on any atom is 0.313 e. The second kappa shape index (κ2) is 8.75. The van der Waals surface area contributed by atoms with Gasteiger partial charge < -0.3 is 25.2 Å². The first-order valence-corrected chi connectivity index (χ1v) is 8.04. The van der Waals surface area contributed by atoms with Gasteiger partial charge in [0.15, 0.2) is 11.5 Å². The van der Waals surface area contributed by atoms with E-state index in [0.717, 1.165) is 11.1 Å². The van der Waals surface area contributed by atoms with Crippen LogP contribution in [0.1, 0.15) is 11.1 Å². The molecule has 2 amide bonds. The molecule has 0 saturated carbocycles. The van der Waals surface area contributed by atoms with Gasteiger partial charge in [-0.25, -0.2) is 0 Å². The third kappa shape index (κ3) is 4.89. The molecule has 2 rings (SSSR count). The third-order valence-electron chi connectivity index (χ3n) is 3.75. The van der Waals surface area contributed by atoms with E-state index in [4.69, 9.17) is 9.47 Å². The molecular formula is C19H22N2O5. The highest BCUT2D eigenvalue weighted by atomic mass is 16.5. The number of hydrogen-bond acceptors (Lipinski definition) is 5. The number of nitrogens with one attached hydrogen (secondary N) is 2. The summed E-state index contributed by atoms with van der Waals surface area (Å²) < 4.78 is 10.4. The number of anilines is 1. The lowest BCUT2D eigenvalue weighted by molar-refractivity contribution is -0.136. The minimum Gasteiger partial charge on any atom is -0.506 e.